The van der Waals surface area contributed by atoms with E-state index in [-0.39, 0.29) is 122 Å². The summed E-state index contributed by atoms with van der Waals surface area (Å²) >= 11 is 0. The number of carbonyl (C=O) groups excluding carboxylic acids is 9. The quantitative estimate of drug-likeness (QED) is 0.0268. The SMILES string of the molecule is CC(=O)[C@H](C)O.CC(C)c1cc(C(=O)N2Cc3ccc(CN4CCN(C)CC4)cc3C2)c(O)cc1O.CCC(=O)OC1CCC(Nc2cc(-n3nc(C(F)(F)F)c4c3CC(C)(C)CC4=O)ccc2C(N)=O)CC1.Cc1cn(-c2cc(F)c(C(N)=O)c(NC3CCCC3)c2)c2c1C(=O)CC(C)(C)C2.Cc1nn(-c2ccc(C(N)=O)c(NC3CCC(C)CC3)c2)c2c1C(=O)CC(C)(C)C2. The summed E-state index contributed by atoms with van der Waals surface area (Å²) in [5.41, 5.74) is 28.0. The minimum Gasteiger partial charge on any atom is -0.508 e. The smallest absolute Gasteiger partial charge is 0.435 e. The summed E-state index contributed by atoms with van der Waals surface area (Å²) in [7, 11) is 2.16. The number of rotatable bonds is 19. The summed E-state index contributed by atoms with van der Waals surface area (Å²) in [6, 6.07) is 23.1. The maximum Gasteiger partial charge on any atom is 0.435 e. The van der Waals surface area contributed by atoms with Crippen LogP contribution in [0.3, 0.4) is 0 Å². The Morgan fingerprint density at radius 1 is 0.576 bits per heavy atom. The number of aromatic hydroxyl groups is 2. The van der Waals surface area contributed by atoms with Gasteiger partial charge in [-0.1, -0.05) is 100 Å². The van der Waals surface area contributed by atoms with E-state index in [4.69, 9.17) is 32.1 Å². The number of aromatic nitrogens is 5. The normalized spacial score (nSPS) is 19.9. The minimum absolute atomic E-state index is 0.00155. The van der Waals surface area contributed by atoms with Crippen LogP contribution in [0.25, 0.3) is 17.1 Å². The van der Waals surface area contributed by atoms with Crippen molar-refractivity contribution in [3.63, 3.8) is 0 Å². The number of likely N-dealkylation sites (N-methyl/N-ethyl adjacent to an activating group) is 1. The number of primary amides is 3. The van der Waals surface area contributed by atoms with E-state index < -0.39 is 52.7 Å². The molecule has 0 bridgehead atoms. The zero-order valence-electron chi connectivity index (χ0n) is 78.8. The number of ketones is 4. The van der Waals surface area contributed by atoms with E-state index in [1.54, 1.807) is 36.1 Å². The molecular weight excluding hydrogens is 1690 g/mol. The Balaban J connectivity index is 0.000000156. The largest absolute Gasteiger partial charge is 0.508 e. The average molecular weight is 1820 g/mol. The van der Waals surface area contributed by atoms with Gasteiger partial charge in [-0.05, 0) is 229 Å². The third kappa shape index (κ3) is 23.7. The number of nitrogens with two attached hydrogens (primary N) is 3. The van der Waals surface area contributed by atoms with Crippen LogP contribution >= 0.6 is 0 Å². The number of hydrogen-bond acceptors (Lipinski definition) is 20. The lowest BCUT2D eigenvalue weighted by Gasteiger charge is -2.32. The highest BCUT2D eigenvalue weighted by atomic mass is 19.4. The molecule has 6 aliphatic carbocycles. The molecule has 0 unspecified atom stereocenters. The number of piperazine rings is 1. The molecule has 12 N–H and O–H groups in total. The van der Waals surface area contributed by atoms with Gasteiger partial charge in [0.15, 0.2) is 28.8 Å². The van der Waals surface area contributed by atoms with Crippen LogP contribution in [-0.4, -0.2) is 170 Å². The van der Waals surface area contributed by atoms with Crippen molar-refractivity contribution in [1.29, 1.82) is 0 Å². The van der Waals surface area contributed by atoms with Crippen molar-refractivity contribution in [1.82, 2.24) is 38.8 Å². The van der Waals surface area contributed by atoms with Crippen LogP contribution in [-0.2, 0) is 59.4 Å². The van der Waals surface area contributed by atoms with E-state index in [0.717, 1.165) is 145 Å². The molecule has 2 aliphatic heterocycles. The lowest BCUT2D eigenvalue weighted by molar-refractivity contribution is -0.150. The van der Waals surface area contributed by atoms with Crippen LogP contribution in [0, 0.1) is 41.8 Å². The van der Waals surface area contributed by atoms with Gasteiger partial charge in [-0.25, -0.2) is 13.8 Å². The second-order valence-electron chi connectivity index (χ2n) is 40.0. The first-order chi connectivity index (χ1) is 62.0. The van der Waals surface area contributed by atoms with Crippen LogP contribution in [0.4, 0.5) is 34.6 Å². The summed E-state index contributed by atoms with van der Waals surface area (Å²) in [4.78, 5) is 115. The number of Topliss-reactive ketones (excluding diaryl/α,β-unsaturated/α-hetero) is 4. The number of nitrogens with one attached hydrogen (secondary N) is 3. The van der Waals surface area contributed by atoms with Crippen molar-refractivity contribution < 1.29 is 80.8 Å². The summed E-state index contributed by atoms with van der Waals surface area (Å²) in [6.07, 6.45) is 10.7. The van der Waals surface area contributed by atoms with Crippen molar-refractivity contribution in [3.05, 3.63) is 186 Å². The number of phenols is 2. The third-order valence-corrected chi connectivity index (χ3v) is 26.6. The first-order valence-corrected chi connectivity index (χ1v) is 46.2. The van der Waals surface area contributed by atoms with E-state index in [0.29, 0.717) is 92.3 Å². The summed E-state index contributed by atoms with van der Waals surface area (Å²) < 4.78 is 66.8. The highest BCUT2D eigenvalue weighted by molar-refractivity contribution is 6.04. The molecule has 710 valence electrons. The molecule has 16 rings (SSSR count). The van der Waals surface area contributed by atoms with Gasteiger partial charge in [-0.15, -0.1) is 0 Å². The number of benzene rings is 5. The highest BCUT2D eigenvalue weighted by Crippen LogP contribution is 2.46. The van der Waals surface area contributed by atoms with Gasteiger partial charge < -0.3 is 67.6 Å². The second kappa shape index (κ2) is 40.9. The van der Waals surface area contributed by atoms with Crippen LogP contribution < -0.4 is 33.2 Å². The molecule has 4 fully saturated rings. The average Bonchev–Trinajstić information content (AvgIpc) is 1.59. The van der Waals surface area contributed by atoms with E-state index >= 15 is 0 Å². The molecule has 5 heterocycles. The molecule has 4 amide bonds. The Kier molecular flexibility index (Phi) is 30.8. The van der Waals surface area contributed by atoms with Crippen LogP contribution in [0.5, 0.6) is 11.5 Å². The number of ether oxygens (including phenoxy) is 1. The Labute approximate surface area is 769 Å². The summed E-state index contributed by atoms with van der Waals surface area (Å²) in [5, 5.41) is 47.4. The molecule has 3 saturated carbocycles. The zero-order chi connectivity index (χ0) is 96.2. The highest BCUT2D eigenvalue weighted by Gasteiger charge is 2.47. The number of carbonyl (C=O) groups is 9. The number of phenolic OH excluding ortho intramolecular Hbond substituents is 2. The molecule has 1 atom stereocenters. The van der Waals surface area contributed by atoms with Gasteiger partial charge in [0.2, 0.25) is 0 Å². The van der Waals surface area contributed by atoms with Crippen molar-refractivity contribution in [3.8, 4) is 28.6 Å². The number of nitrogens with zero attached hydrogens (tertiary/aromatic N) is 8. The molecule has 31 heteroatoms. The molecular formula is C101H130F4N14O13. The number of aryl methyl sites for hydroxylation is 2. The third-order valence-electron chi connectivity index (χ3n) is 26.6. The zero-order valence-corrected chi connectivity index (χ0v) is 78.8. The van der Waals surface area contributed by atoms with Crippen molar-refractivity contribution >= 4 is 69.8 Å². The van der Waals surface area contributed by atoms with Gasteiger partial charge in [0.25, 0.3) is 23.6 Å². The van der Waals surface area contributed by atoms with Gasteiger partial charge in [0.05, 0.1) is 73.2 Å². The van der Waals surface area contributed by atoms with E-state index in [9.17, 15) is 70.9 Å². The number of anilines is 3. The van der Waals surface area contributed by atoms with Crippen LogP contribution in [0.1, 0.15) is 321 Å². The predicted octanol–water partition coefficient (Wildman–Crippen LogP) is 16.9. The number of aliphatic hydroxyl groups excluding tert-OH is 1. The fraction of sp³-hybridized carbons (Fsp3) is 0.515. The molecule has 132 heavy (non-hydrogen) atoms. The van der Waals surface area contributed by atoms with E-state index in [1.165, 1.54) is 62.1 Å². The number of alkyl halides is 3. The number of hydrogen-bond donors (Lipinski definition) is 9. The van der Waals surface area contributed by atoms with Gasteiger partial charge in [0.1, 0.15) is 29.5 Å². The molecule has 8 aromatic rings. The minimum atomic E-state index is -4.79. The number of aliphatic hydroxyl groups is 1. The lowest BCUT2D eigenvalue weighted by Crippen LogP contribution is -2.43. The molecule has 5 aromatic carbocycles. The molecule has 0 radical (unpaired) electrons. The number of fused-ring (bicyclic) bond motifs is 4. The number of esters is 1. The molecule has 8 aliphatic rings. The predicted molar refractivity (Wildman–Crippen MR) is 498 cm³/mol. The number of amides is 4. The number of halogens is 4. The Morgan fingerprint density at radius 3 is 1.59 bits per heavy atom. The lowest BCUT2D eigenvalue weighted by atomic mass is 9.75. The first-order valence-electron chi connectivity index (χ1n) is 46.2. The van der Waals surface area contributed by atoms with Crippen molar-refractivity contribution in [2.45, 2.75) is 281 Å². The monoisotopic (exact) mass is 1820 g/mol. The fourth-order valence-corrected chi connectivity index (χ4v) is 19.4. The maximum atomic E-state index is 15.0. The second-order valence-corrected chi connectivity index (χ2v) is 40.0. The molecule has 27 nitrogen and oxygen atoms in total. The van der Waals surface area contributed by atoms with Gasteiger partial charge in [-0.2, -0.15) is 23.4 Å². The molecule has 1 saturated heterocycles. The van der Waals surface area contributed by atoms with Gasteiger partial charge in [0, 0.05) is 125 Å². The van der Waals surface area contributed by atoms with Crippen molar-refractivity contribution in [2.75, 3.05) is 49.2 Å². The van der Waals surface area contributed by atoms with Crippen LogP contribution in [0.2, 0.25) is 0 Å². The van der Waals surface area contributed by atoms with Crippen molar-refractivity contribution in [2.24, 2.45) is 39.4 Å². The Morgan fingerprint density at radius 2 is 1.07 bits per heavy atom. The Hall–Kier alpha value is -11.6. The van der Waals surface area contributed by atoms with Gasteiger partial charge >= 0.3 is 12.1 Å². The molecule has 0 spiro atoms. The van der Waals surface area contributed by atoms with E-state index in [1.807, 2.05) is 69.1 Å². The Bertz CT molecular complexity index is 5690. The maximum absolute atomic E-state index is 15.0. The molecule has 3 aromatic heterocycles. The topological polar surface area (TPSA) is 388 Å². The first kappa shape index (κ1) is 99.4. The van der Waals surface area contributed by atoms with Gasteiger partial charge in [-0.3, -0.25) is 48.1 Å². The fourth-order valence-electron chi connectivity index (χ4n) is 19.4. The summed E-state index contributed by atoms with van der Waals surface area (Å²) in [6.45, 7) is 33.0. The van der Waals surface area contributed by atoms with Crippen LogP contribution in [0.15, 0.2) is 85.1 Å². The van der Waals surface area contributed by atoms with E-state index in [2.05, 4.69) is 90.7 Å². The standard InChI is InChI=1S/C26H31F3N4O4.C24H32N4O2.C24H31N3O3.C23H28FN3O2.C4H8O2/c1-4-21(35)37-16-8-5-14(6-9-16)31-18-11-15(7-10-17(18)24(30)36)33-19-12-25(2,3)13-20(34)22(19)23(32-33)26(27,28)29;1-14-5-7-16(8-6-14)26-19-11-17(9-10-18(19)23(25)30)28-20-12-24(3,4)13-21(29)22(20)15(2)27-28;1-16(2)20-11-21(23(29)12-22(20)28)24(30)27-14-18-5-4-17(10-19(18)15-27)13-26-8-6-25(3)7-9-26;1-13-12-27(18-10-23(2,3)11-19(28)20(13)18)15-8-16(24)21(22(25)29)17(9-15)26-14-6-4-5-7-14;1-3(5)4(2)6/h7,10-11,14,16,31H,4-6,8-9,12-13H2,1-3H3,(H2,30,36);9-11,14,16,26H,5-8,12-13H2,1-4H3,(H2,25,30);4-5,10-12,16,28-29H,6-9,13-15H2,1-3H3;8-9,12,14,26H,4-7,10-11H2,1-3H3,(H2,25,29);3,5H,1-2H3/t;;;;3-/m....0/s1. The summed E-state index contributed by atoms with van der Waals surface area (Å²) in [5.74, 6) is -2.81.